The van der Waals surface area contributed by atoms with Crippen molar-refractivity contribution in [1.82, 2.24) is 9.80 Å². The molecule has 2 aromatic rings. The van der Waals surface area contributed by atoms with Crippen molar-refractivity contribution in [3.8, 4) is 0 Å². The number of rotatable bonds is 10. The average Bonchev–Trinajstić information content (AvgIpc) is 3.55. The summed E-state index contributed by atoms with van der Waals surface area (Å²) < 4.78 is -1.34. The third-order valence-electron chi connectivity index (χ3n) is 9.44. The molecule has 3 amide bonds. The number of amides is 3. The fourth-order valence-electron chi connectivity index (χ4n) is 7.58. The van der Waals surface area contributed by atoms with E-state index in [0.29, 0.717) is 25.9 Å². The Balaban J connectivity index is 1.67. The maximum atomic E-state index is 14.9. The van der Waals surface area contributed by atoms with E-state index in [1.54, 1.807) is 38.6 Å². The number of thioether (sulfide) groups is 1. The largest absolute Gasteiger partial charge is 0.394 e. The molecule has 3 fully saturated rings. The molecular formula is C35H43N3O4S. The summed E-state index contributed by atoms with van der Waals surface area (Å²) in [6.07, 6.45) is 4.75. The molecule has 1 N–H and O–H groups in total. The van der Waals surface area contributed by atoms with Crippen LogP contribution < -0.4 is 4.90 Å². The lowest BCUT2D eigenvalue weighted by Gasteiger charge is -2.43. The number of likely N-dealkylation sites (tertiary alicyclic amines) is 1. The van der Waals surface area contributed by atoms with Crippen LogP contribution >= 0.6 is 11.8 Å². The normalized spacial score (nSPS) is 28.3. The lowest BCUT2D eigenvalue weighted by Crippen LogP contribution is -2.59. The highest BCUT2D eigenvalue weighted by Gasteiger charge is 2.78. The second-order valence-corrected chi connectivity index (χ2v) is 15.0. The molecule has 0 aromatic heterocycles. The molecule has 3 aliphatic rings. The Morgan fingerprint density at radius 2 is 1.63 bits per heavy atom. The topological polar surface area (TPSA) is 81.2 Å². The summed E-state index contributed by atoms with van der Waals surface area (Å²) in [7, 11) is 0. The maximum Gasteiger partial charge on any atom is 0.247 e. The summed E-state index contributed by atoms with van der Waals surface area (Å²) in [6, 6.07) is 17.3. The number of anilines is 1. The second kappa shape index (κ2) is 11.6. The minimum atomic E-state index is -0.851. The van der Waals surface area contributed by atoms with E-state index in [1.807, 2.05) is 81.4 Å². The fourth-order valence-corrected chi connectivity index (χ4v) is 9.91. The van der Waals surface area contributed by atoms with Crippen LogP contribution in [0.25, 0.3) is 0 Å². The molecule has 0 aliphatic carbocycles. The van der Waals surface area contributed by atoms with Gasteiger partial charge in [0.15, 0.2) is 0 Å². The number of para-hydroxylation sites is 1. The van der Waals surface area contributed by atoms with Crippen LogP contribution in [0.4, 0.5) is 5.69 Å². The highest BCUT2D eigenvalue weighted by Crippen LogP contribution is 2.72. The van der Waals surface area contributed by atoms with Gasteiger partial charge < -0.3 is 19.8 Å². The Labute approximate surface area is 259 Å². The van der Waals surface area contributed by atoms with Crippen molar-refractivity contribution in [2.24, 2.45) is 11.8 Å². The molecule has 3 heterocycles. The second-order valence-electron chi connectivity index (χ2n) is 13.1. The van der Waals surface area contributed by atoms with Crippen molar-refractivity contribution in [1.29, 1.82) is 0 Å². The molecule has 3 aliphatic heterocycles. The summed E-state index contributed by atoms with van der Waals surface area (Å²) in [5.74, 6) is -1.90. The Morgan fingerprint density at radius 3 is 2.19 bits per heavy atom. The number of aliphatic hydroxyl groups excluding tert-OH is 1. The number of hydrogen-bond acceptors (Lipinski definition) is 5. The van der Waals surface area contributed by atoms with Gasteiger partial charge in [0.2, 0.25) is 17.7 Å². The molecule has 43 heavy (non-hydrogen) atoms. The van der Waals surface area contributed by atoms with E-state index < -0.39 is 39.0 Å². The van der Waals surface area contributed by atoms with Gasteiger partial charge in [0.05, 0.1) is 29.2 Å². The molecule has 0 radical (unpaired) electrons. The third kappa shape index (κ3) is 5.02. The van der Waals surface area contributed by atoms with E-state index in [0.717, 1.165) is 11.3 Å². The molecule has 0 saturated carbocycles. The van der Waals surface area contributed by atoms with E-state index >= 15 is 0 Å². The molecule has 6 atom stereocenters. The van der Waals surface area contributed by atoms with Gasteiger partial charge in [0, 0.05) is 29.1 Å². The number of benzene rings is 2. The minimum absolute atomic E-state index is 0.131. The van der Waals surface area contributed by atoms with E-state index in [-0.39, 0.29) is 24.3 Å². The lowest BCUT2D eigenvalue weighted by atomic mass is 9.66. The van der Waals surface area contributed by atoms with Gasteiger partial charge in [0.1, 0.15) is 6.04 Å². The first-order chi connectivity index (χ1) is 20.4. The SMILES string of the molecule is C=CCN(C(=O)[C@@H]1[C@H]2C(=O)N([C@H](CO)c3ccccc3)C(C(=O)N(CC=C)C(C)(C)C)C23CC[C@@]1(C)S3)c1ccccc1. The summed E-state index contributed by atoms with van der Waals surface area (Å²) >= 11 is 1.64. The zero-order valence-corrected chi connectivity index (χ0v) is 26.4. The third-order valence-corrected chi connectivity index (χ3v) is 11.4. The summed E-state index contributed by atoms with van der Waals surface area (Å²) in [5.41, 5.74) is 0.963. The number of nitrogens with zero attached hydrogens (tertiary/aromatic N) is 3. The fraction of sp³-hybridized carbons (Fsp3) is 0.457. The van der Waals surface area contributed by atoms with Gasteiger partial charge >= 0.3 is 0 Å². The van der Waals surface area contributed by atoms with Crippen molar-refractivity contribution < 1.29 is 19.5 Å². The molecular weight excluding hydrogens is 558 g/mol. The van der Waals surface area contributed by atoms with Gasteiger partial charge in [-0.05, 0) is 58.2 Å². The van der Waals surface area contributed by atoms with Crippen molar-refractivity contribution in [3.63, 3.8) is 0 Å². The Kier molecular flexibility index (Phi) is 8.40. The Bertz CT molecular complexity index is 1390. The first-order valence-corrected chi connectivity index (χ1v) is 15.8. The summed E-state index contributed by atoms with van der Waals surface area (Å²) in [6.45, 7) is 16.1. The van der Waals surface area contributed by atoms with Gasteiger partial charge in [-0.3, -0.25) is 14.4 Å². The minimum Gasteiger partial charge on any atom is -0.394 e. The van der Waals surface area contributed by atoms with E-state index in [1.165, 1.54) is 0 Å². The molecule has 8 heteroatoms. The Hall–Kier alpha value is -3.36. The molecule has 7 nitrogen and oxygen atoms in total. The van der Waals surface area contributed by atoms with Crippen LogP contribution in [-0.4, -0.2) is 73.4 Å². The lowest BCUT2D eigenvalue weighted by molar-refractivity contribution is -0.148. The van der Waals surface area contributed by atoms with Gasteiger partial charge in [-0.1, -0.05) is 60.7 Å². The van der Waals surface area contributed by atoms with E-state index in [9.17, 15) is 19.5 Å². The van der Waals surface area contributed by atoms with Crippen LogP contribution in [-0.2, 0) is 14.4 Å². The number of aliphatic hydroxyl groups is 1. The molecule has 5 rings (SSSR count). The van der Waals surface area contributed by atoms with Crippen molar-refractivity contribution in [2.45, 2.75) is 67.7 Å². The van der Waals surface area contributed by atoms with Gasteiger partial charge in [-0.15, -0.1) is 24.9 Å². The first-order valence-electron chi connectivity index (χ1n) is 15.0. The van der Waals surface area contributed by atoms with Gasteiger partial charge in [-0.2, -0.15) is 0 Å². The summed E-state index contributed by atoms with van der Waals surface area (Å²) in [4.78, 5) is 49.5. The van der Waals surface area contributed by atoms with Crippen LogP contribution in [0.3, 0.4) is 0 Å². The monoisotopic (exact) mass is 601 g/mol. The highest BCUT2D eigenvalue weighted by atomic mass is 32.2. The average molecular weight is 602 g/mol. The predicted octanol–water partition coefficient (Wildman–Crippen LogP) is 5.23. The molecule has 2 unspecified atom stereocenters. The van der Waals surface area contributed by atoms with Gasteiger partial charge in [0.25, 0.3) is 0 Å². The van der Waals surface area contributed by atoms with Crippen molar-refractivity contribution in [3.05, 3.63) is 91.5 Å². The quantitative estimate of drug-likeness (QED) is 0.377. The highest BCUT2D eigenvalue weighted by molar-refractivity contribution is 8.02. The van der Waals surface area contributed by atoms with Crippen molar-refractivity contribution in [2.75, 3.05) is 24.6 Å². The van der Waals surface area contributed by atoms with E-state index in [4.69, 9.17) is 0 Å². The maximum absolute atomic E-state index is 14.9. The number of hydrogen-bond donors (Lipinski definition) is 1. The summed E-state index contributed by atoms with van der Waals surface area (Å²) in [5, 5.41) is 10.8. The van der Waals surface area contributed by atoms with E-state index in [2.05, 4.69) is 20.1 Å². The molecule has 2 bridgehead atoms. The number of carbonyl (C=O) groups excluding carboxylic acids is 3. The van der Waals surface area contributed by atoms with Crippen molar-refractivity contribution >= 4 is 35.2 Å². The van der Waals surface area contributed by atoms with Crippen LogP contribution in [0.15, 0.2) is 86.0 Å². The van der Waals surface area contributed by atoms with Crippen LogP contribution in [0.2, 0.25) is 0 Å². The standard InChI is InChI=1S/C35H43N3O4S/c1-7-21-36(25-17-13-10-14-18-25)30(40)27-28-31(41)38(26(23-39)24-15-11-9-12-16-24)29(35(28)20-19-34(27,6)43-35)32(42)37(22-8-2)33(3,4)5/h7-18,26-29,39H,1-2,19-23H2,3-6H3/t26-,27+,28+,29?,34-,35?/m1/s1. The molecule has 228 valence electrons. The molecule has 1 spiro atoms. The number of fused-ring (bicyclic) bond motifs is 1. The first kappa shape index (κ1) is 31.1. The zero-order valence-electron chi connectivity index (χ0n) is 25.6. The predicted molar refractivity (Wildman–Crippen MR) is 172 cm³/mol. The smallest absolute Gasteiger partial charge is 0.247 e. The molecule has 3 saturated heterocycles. The van der Waals surface area contributed by atoms with Crippen LogP contribution in [0, 0.1) is 11.8 Å². The van der Waals surface area contributed by atoms with Crippen LogP contribution in [0.5, 0.6) is 0 Å². The van der Waals surface area contributed by atoms with Crippen LogP contribution in [0.1, 0.15) is 52.1 Å². The Morgan fingerprint density at radius 1 is 1.02 bits per heavy atom. The zero-order chi connectivity index (χ0) is 31.2. The van der Waals surface area contributed by atoms with Gasteiger partial charge in [-0.25, -0.2) is 0 Å². The molecule has 2 aromatic carbocycles. The number of carbonyl (C=O) groups is 3.